The number of rotatable bonds is 3. The van der Waals surface area contributed by atoms with Gasteiger partial charge in [-0.3, -0.25) is 15.0 Å². The minimum absolute atomic E-state index is 0.194. The third-order valence-electron chi connectivity index (χ3n) is 3.85. The molecule has 0 fully saturated rings. The maximum absolute atomic E-state index is 13.1. The molecule has 0 aliphatic carbocycles. The Bertz CT molecular complexity index is 864. The van der Waals surface area contributed by atoms with Crippen LogP contribution >= 0.6 is 0 Å². The van der Waals surface area contributed by atoms with Gasteiger partial charge in [0.25, 0.3) is 5.69 Å². The van der Waals surface area contributed by atoms with Crippen LogP contribution in [-0.2, 0) is 0 Å². The Balaban J connectivity index is 2.10. The molecule has 0 radical (unpaired) electrons. The van der Waals surface area contributed by atoms with E-state index in [1.807, 2.05) is 5.32 Å². The fraction of sp³-hybridized carbons (Fsp3) is 0.118. The second-order valence-electron chi connectivity index (χ2n) is 5.51. The number of non-ortho nitro benzene ring substituents is 1. The van der Waals surface area contributed by atoms with Crippen LogP contribution in [-0.4, -0.2) is 17.1 Å². The van der Waals surface area contributed by atoms with Crippen LogP contribution in [0.3, 0.4) is 0 Å². The van der Waals surface area contributed by atoms with E-state index < -0.39 is 28.9 Å². The molecule has 9 heteroatoms. The summed E-state index contributed by atoms with van der Waals surface area (Å²) in [6.07, 6.45) is -3.84. The van der Waals surface area contributed by atoms with Crippen molar-refractivity contribution in [2.24, 2.45) is 0 Å². The van der Waals surface area contributed by atoms with Gasteiger partial charge in [-0.25, -0.2) is 4.79 Å². The molecule has 2 aromatic rings. The van der Waals surface area contributed by atoms with Crippen molar-refractivity contribution in [1.29, 1.82) is 0 Å². The average Bonchev–Trinajstić information content (AvgIpc) is 2.61. The lowest BCUT2D eigenvalue weighted by atomic mass is 10.0. The number of halogens is 3. The van der Waals surface area contributed by atoms with E-state index >= 15 is 0 Å². The highest BCUT2D eigenvalue weighted by atomic mass is 19.4. The SMILES string of the molecule is O=C1NC(C(F)(F)F)=CC(c2ccc([N+](=O)[O-])cc2)N1c1ccccc1. The van der Waals surface area contributed by atoms with Crippen LogP contribution in [0.1, 0.15) is 11.6 Å². The Morgan fingerprint density at radius 2 is 1.65 bits per heavy atom. The van der Waals surface area contributed by atoms with Crippen molar-refractivity contribution in [2.75, 3.05) is 4.90 Å². The van der Waals surface area contributed by atoms with Crippen molar-refractivity contribution in [3.05, 3.63) is 82.0 Å². The minimum atomic E-state index is -4.72. The third kappa shape index (κ3) is 3.37. The number of allylic oxidation sites excluding steroid dienone is 1. The number of nitrogens with zero attached hydrogens (tertiary/aromatic N) is 2. The van der Waals surface area contributed by atoms with Gasteiger partial charge in [0.2, 0.25) is 0 Å². The van der Waals surface area contributed by atoms with Gasteiger partial charge in [0.05, 0.1) is 11.0 Å². The van der Waals surface area contributed by atoms with Crippen LogP contribution in [0.4, 0.5) is 29.3 Å². The summed E-state index contributed by atoms with van der Waals surface area (Å²) in [5.41, 5.74) is -0.653. The molecule has 0 saturated carbocycles. The van der Waals surface area contributed by atoms with E-state index in [0.29, 0.717) is 11.3 Å². The lowest BCUT2D eigenvalue weighted by Crippen LogP contribution is -2.48. The topological polar surface area (TPSA) is 75.5 Å². The van der Waals surface area contributed by atoms with E-state index in [-0.39, 0.29) is 5.69 Å². The molecule has 2 amide bonds. The smallest absolute Gasteiger partial charge is 0.303 e. The standard InChI is InChI=1S/C17H12F3N3O3/c18-17(19,20)15-10-14(11-6-8-13(9-7-11)23(25)26)22(16(24)21-15)12-4-2-1-3-5-12/h1-10,14H,(H,21,24). The molecule has 1 heterocycles. The van der Waals surface area contributed by atoms with Gasteiger partial charge in [-0.2, -0.15) is 13.2 Å². The van der Waals surface area contributed by atoms with E-state index in [9.17, 15) is 28.1 Å². The number of carbonyl (C=O) groups is 1. The summed E-state index contributed by atoms with van der Waals surface area (Å²) >= 11 is 0. The molecule has 1 unspecified atom stereocenters. The van der Waals surface area contributed by atoms with E-state index in [0.717, 1.165) is 11.0 Å². The normalized spacial score (nSPS) is 17.5. The largest absolute Gasteiger partial charge is 0.431 e. The second-order valence-corrected chi connectivity index (χ2v) is 5.51. The molecule has 3 rings (SSSR count). The fourth-order valence-electron chi connectivity index (χ4n) is 2.65. The third-order valence-corrected chi connectivity index (χ3v) is 3.85. The van der Waals surface area contributed by atoms with Gasteiger partial charge in [0.1, 0.15) is 5.70 Å². The first-order valence-electron chi connectivity index (χ1n) is 7.46. The predicted molar refractivity (Wildman–Crippen MR) is 87.4 cm³/mol. The van der Waals surface area contributed by atoms with Crippen LogP contribution in [0.2, 0.25) is 0 Å². The van der Waals surface area contributed by atoms with E-state index in [1.165, 1.54) is 24.3 Å². The summed E-state index contributed by atoms with van der Waals surface area (Å²) in [4.78, 5) is 23.7. The zero-order valence-electron chi connectivity index (χ0n) is 13.1. The van der Waals surface area contributed by atoms with E-state index in [1.54, 1.807) is 30.3 Å². The Morgan fingerprint density at radius 3 is 2.19 bits per heavy atom. The first-order valence-corrected chi connectivity index (χ1v) is 7.46. The first-order chi connectivity index (χ1) is 12.3. The fourth-order valence-corrected chi connectivity index (χ4v) is 2.65. The number of para-hydroxylation sites is 1. The van der Waals surface area contributed by atoms with Gasteiger partial charge in [0.15, 0.2) is 0 Å². The van der Waals surface area contributed by atoms with Gasteiger partial charge in [-0.1, -0.05) is 18.2 Å². The summed E-state index contributed by atoms with van der Waals surface area (Å²) in [6, 6.07) is 11.2. The van der Waals surface area contributed by atoms with Gasteiger partial charge >= 0.3 is 12.2 Å². The highest BCUT2D eigenvalue weighted by Gasteiger charge is 2.41. The Morgan fingerprint density at radius 1 is 1.04 bits per heavy atom. The van der Waals surface area contributed by atoms with Gasteiger partial charge in [-0.15, -0.1) is 0 Å². The molecule has 0 saturated heterocycles. The number of amides is 2. The molecule has 2 aromatic carbocycles. The molecule has 1 aliphatic rings. The van der Waals surface area contributed by atoms with Gasteiger partial charge < -0.3 is 5.32 Å². The number of carbonyl (C=O) groups excluding carboxylic acids is 1. The maximum atomic E-state index is 13.1. The number of hydrogen-bond donors (Lipinski definition) is 1. The van der Waals surface area contributed by atoms with Crippen LogP contribution in [0, 0.1) is 10.1 Å². The number of nitro benzene ring substituents is 1. The zero-order chi connectivity index (χ0) is 18.9. The summed E-state index contributed by atoms with van der Waals surface area (Å²) in [5, 5.41) is 12.6. The molecule has 0 aromatic heterocycles. The summed E-state index contributed by atoms with van der Waals surface area (Å²) < 4.78 is 39.3. The highest BCUT2D eigenvalue weighted by Crippen LogP contribution is 2.36. The first kappa shape index (κ1) is 17.5. The summed E-state index contributed by atoms with van der Waals surface area (Å²) in [5.74, 6) is 0. The Labute approximate surface area is 145 Å². The van der Waals surface area contributed by atoms with Crippen LogP contribution in [0.25, 0.3) is 0 Å². The van der Waals surface area contributed by atoms with E-state index in [4.69, 9.17) is 0 Å². The van der Waals surface area contributed by atoms with Crippen molar-refractivity contribution in [2.45, 2.75) is 12.2 Å². The predicted octanol–water partition coefficient (Wildman–Crippen LogP) is 4.31. The number of urea groups is 1. The number of alkyl halides is 3. The Kier molecular flexibility index (Phi) is 4.37. The molecule has 6 nitrogen and oxygen atoms in total. The molecule has 134 valence electrons. The van der Waals surface area contributed by atoms with Crippen LogP contribution < -0.4 is 10.2 Å². The van der Waals surface area contributed by atoms with Gasteiger partial charge in [0, 0.05) is 17.8 Å². The molecular weight excluding hydrogens is 351 g/mol. The molecule has 0 spiro atoms. The van der Waals surface area contributed by atoms with Crippen LogP contribution in [0.15, 0.2) is 66.4 Å². The lowest BCUT2D eigenvalue weighted by molar-refractivity contribution is -0.384. The van der Waals surface area contributed by atoms with E-state index in [2.05, 4.69) is 0 Å². The lowest BCUT2D eigenvalue weighted by Gasteiger charge is -2.35. The second kappa shape index (κ2) is 6.51. The molecule has 1 N–H and O–H groups in total. The van der Waals surface area contributed by atoms with Crippen molar-refractivity contribution < 1.29 is 22.9 Å². The number of hydrogen-bond acceptors (Lipinski definition) is 3. The van der Waals surface area contributed by atoms with Gasteiger partial charge in [-0.05, 0) is 35.9 Å². The Hall–Kier alpha value is -3.36. The number of nitro groups is 1. The summed E-state index contributed by atoms with van der Waals surface area (Å²) in [7, 11) is 0. The van der Waals surface area contributed by atoms with Crippen molar-refractivity contribution >= 4 is 17.4 Å². The highest BCUT2D eigenvalue weighted by molar-refractivity contribution is 5.95. The maximum Gasteiger partial charge on any atom is 0.431 e. The number of anilines is 1. The molecule has 0 bridgehead atoms. The van der Waals surface area contributed by atoms with Crippen molar-refractivity contribution in [3.8, 4) is 0 Å². The molecule has 1 atom stereocenters. The van der Waals surface area contributed by atoms with Crippen molar-refractivity contribution in [1.82, 2.24) is 5.32 Å². The quantitative estimate of drug-likeness (QED) is 0.652. The van der Waals surface area contributed by atoms with Crippen LogP contribution in [0.5, 0.6) is 0 Å². The number of nitrogens with one attached hydrogen (secondary N) is 1. The minimum Gasteiger partial charge on any atom is -0.303 e. The molecule has 26 heavy (non-hydrogen) atoms. The zero-order valence-corrected chi connectivity index (χ0v) is 13.1. The average molecular weight is 363 g/mol. The van der Waals surface area contributed by atoms with Crippen molar-refractivity contribution in [3.63, 3.8) is 0 Å². The summed E-state index contributed by atoms with van der Waals surface area (Å²) in [6.45, 7) is 0. The number of benzene rings is 2. The molecular formula is C17H12F3N3O3. The monoisotopic (exact) mass is 363 g/mol. The molecule has 1 aliphatic heterocycles.